The molecule has 6 nitrogen and oxygen atoms in total. The Kier molecular flexibility index (Phi) is 8.09. The number of rotatable bonds is 8. The SMILES string of the molecule is NC(=O)c1ccc(SCC(=O)NCC2CN(Cc3ccc(F)c(Cl)c3)CCO2)cc1. The van der Waals surface area contributed by atoms with Gasteiger partial charge in [0, 0.05) is 36.6 Å². The molecular formula is C21H23ClFN3O3S. The lowest BCUT2D eigenvalue weighted by Crippen LogP contribution is -2.47. The van der Waals surface area contributed by atoms with Crippen molar-refractivity contribution < 1.29 is 18.7 Å². The molecule has 1 unspecified atom stereocenters. The predicted molar refractivity (Wildman–Crippen MR) is 115 cm³/mol. The van der Waals surface area contributed by atoms with E-state index in [2.05, 4.69) is 10.2 Å². The Labute approximate surface area is 183 Å². The molecule has 2 amide bonds. The van der Waals surface area contributed by atoms with Gasteiger partial charge in [0.1, 0.15) is 5.82 Å². The highest BCUT2D eigenvalue weighted by molar-refractivity contribution is 8.00. The summed E-state index contributed by atoms with van der Waals surface area (Å²) in [5.74, 6) is -0.733. The van der Waals surface area contributed by atoms with Gasteiger partial charge in [0.25, 0.3) is 0 Å². The summed E-state index contributed by atoms with van der Waals surface area (Å²) < 4.78 is 19.1. The van der Waals surface area contributed by atoms with Crippen LogP contribution in [-0.4, -0.2) is 54.8 Å². The first-order valence-electron chi connectivity index (χ1n) is 9.48. The number of thioether (sulfide) groups is 1. The number of hydrogen-bond donors (Lipinski definition) is 2. The highest BCUT2D eigenvalue weighted by atomic mass is 35.5. The molecular weight excluding hydrogens is 429 g/mol. The smallest absolute Gasteiger partial charge is 0.248 e. The molecule has 1 saturated heterocycles. The second-order valence-electron chi connectivity index (χ2n) is 6.96. The van der Waals surface area contributed by atoms with E-state index in [-0.39, 0.29) is 22.8 Å². The first kappa shape index (κ1) is 22.6. The summed E-state index contributed by atoms with van der Waals surface area (Å²) in [7, 11) is 0. The number of carbonyl (C=O) groups excluding carboxylic acids is 2. The summed E-state index contributed by atoms with van der Waals surface area (Å²) in [5, 5.41) is 3.01. The fourth-order valence-corrected chi connectivity index (χ4v) is 4.02. The maximum absolute atomic E-state index is 13.3. The van der Waals surface area contributed by atoms with E-state index in [1.165, 1.54) is 17.8 Å². The van der Waals surface area contributed by atoms with E-state index >= 15 is 0 Å². The highest BCUT2D eigenvalue weighted by Crippen LogP contribution is 2.19. The van der Waals surface area contributed by atoms with Crippen LogP contribution in [0.5, 0.6) is 0 Å². The number of nitrogens with two attached hydrogens (primary N) is 1. The maximum atomic E-state index is 13.3. The Morgan fingerprint density at radius 3 is 2.73 bits per heavy atom. The van der Waals surface area contributed by atoms with Crippen molar-refractivity contribution in [3.63, 3.8) is 0 Å². The van der Waals surface area contributed by atoms with E-state index in [0.29, 0.717) is 31.8 Å². The zero-order valence-electron chi connectivity index (χ0n) is 16.3. The number of carbonyl (C=O) groups is 2. The number of hydrogen-bond acceptors (Lipinski definition) is 5. The molecule has 1 fully saturated rings. The second-order valence-corrected chi connectivity index (χ2v) is 8.41. The van der Waals surface area contributed by atoms with E-state index in [4.69, 9.17) is 22.1 Å². The minimum Gasteiger partial charge on any atom is -0.374 e. The lowest BCUT2D eigenvalue weighted by Gasteiger charge is -2.33. The van der Waals surface area contributed by atoms with Crippen molar-refractivity contribution in [3.8, 4) is 0 Å². The van der Waals surface area contributed by atoms with Crippen LogP contribution < -0.4 is 11.1 Å². The molecule has 2 aromatic carbocycles. The van der Waals surface area contributed by atoms with Crippen LogP contribution >= 0.6 is 23.4 Å². The topological polar surface area (TPSA) is 84.7 Å². The summed E-state index contributed by atoms with van der Waals surface area (Å²) in [5.41, 5.74) is 6.59. The molecule has 0 aliphatic carbocycles. The number of ether oxygens (including phenoxy) is 1. The van der Waals surface area contributed by atoms with Gasteiger partial charge in [0.15, 0.2) is 0 Å². The van der Waals surface area contributed by atoms with Crippen molar-refractivity contribution in [2.75, 3.05) is 32.0 Å². The summed E-state index contributed by atoms with van der Waals surface area (Å²) in [6.45, 7) is 3.05. The van der Waals surface area contributed by atoms with E-state index in [0.717, 1.165) is 17.0 Å². The minimum absolute atomic E-state index is 0.0926. The number of nitrogens with zero attached hydrogens (tertiary/aromatic N) is 1. The molecule has 1 aliphatic rings. The number of benzene rings is 2. The van der Waals surface area contributed by atoms with Crippen LogP contribution in [0.1, 0.15) is 15.9 Å². The molecule has 2 aromatic rings. The van der Waals surface area contributed by atoms with Crippen LogP contribution in [0.3, 0.4) is 0 Å². The lowest BCUT2D eigenvalue weighted by molar-refractivity contribution is -0.119. The van der Waals surface area contributed by atoms with Crippen LogP contribution in [0.25, 0.3) is 0 Å². The molecule has 0 spiro atoms. The zero-order chi connectivity index (χ0) is 21.5. The van der Waals surface area contributed by atoms with Crippen molar-refractivity contribution in [1.82, 2.24) is 10.2 Å². The molecule has 3 rings (SSSR count). The average Bonchev–Trinajstić information content (AvgIpc) is 2.74. The molecule has 1 aliphatic heterocycles. The standard InChI is InChI=1S/C21H23ClFN3O3S/c22-18-9-14(1-6-19(18)23)11-26-7-8-29-16(12-26)10-25-20(27)13-30-17-4-2-15(3-5-17)21(24)28/h1-6,9,16H,7-8,10-13H2,(H2,24,28)(H,25,27). The Morgan fingerprint density at radius 2 is 2.03 bits per heavy atom. The highest BCUT2D eigenvalue weighted by Gasteiger charge is 2.21. The van der Waals surface area contributed by atoms with Crippen LogP contribution in [0.15, 0.2) is 47.4 Å². The molecule has 0 aromatic heterocycles. The van der Waals surface area contributed by atoms with Gasteiger partial charge in [-0.1, -0.05) is 17.7 Å². The minimum atomic E-state index is -0.478. The van der Waals surface area contributed by atoms with Gasteiger partial charge in [-0.05, 0) is 42.0 Å². The molecule has 9 heteroatoms. The second kappa shape index (κ2) is 10.8. The van der Waals surface area contributed by atoms with Gasteiger partial charge in [0.2, 0.25) is 11.8 Å². The van der Waals surface area contributed by atoms with Gasteiger partial charge in [-0.15, -0.1) is 11.8 Å². The lowest BCUT2D eigenvalue weighted by atomic mass is 10.2. The third-order valence-corrected chi connectivity index (χ3v) is 5.95. The summed E-state index contributed by atoms with van der Waals surface area (Å²) >= 11 is 7.23. The van der Waals surface area contributed by atoms with Crippen molar-refractivity contribution in [3.05, 3.63) is 64.4 Å². The van der Waals surface area contributed by atoms with Crippen LogP contribution in [0, 0.1) is 5.82 Å². The first-order valence-corrected chi connectivity index (χ1v) is 10.8. The molecule has 0 saturated carbocycles. The van der Waals surface area contributed by atoms with Gasteiger partial charge < -0.3 is 15.8 Å². The predicted octanol–water partition coefficient (Wildman–Crippen LogP) is 2.69. The third kappa shape index (κ3) is 6.70. The van der Waals surface area contributed by atoms with Gasteiger partial charge in [0.05, 0.1) is 23.5 Å². The zero-order valence-corrected chi connectivity index (χ0v) is 17.8. The van der Waals surface area contributed by atoms with Gasteiger partial charge >= 0.3 is 0 Å². The van der Waals surface area contributed by atoms with E-state index in [1.54, 1.807) is 36.4 Å². The van der Waals surface area contributed by atoms with Gasteiger partial charge in [-0.3, -0.25) is 14.5 Å². The molecule has 1 atom stereocenters. The molecule has 0 radical (unpaired) electrons. The number of primary amides is 1. The van der Waals surface area contributed by atoms with E-state index in [1.807, 2.05) is 0 Å². The summed E-state index contributed by atoms with van der Waals surface area (Å²) in [4.78, 5) is 26.3. The first-order chi connectivity index (χ1) is 14.4. The Hall–Kier alpha value is -2.13. The number of halogens is 2. The Morgan fingerprint density at radius 1 is 1.27 bits per heavy atom. The van der Waals surface area contributed by atoms with Crippen LogP contribution in [0.4, 0.5) is 4.39 Å². The largest absolute Gasteiger partial charge is 0.374 e. The number of nitrogens with one attached hydrogen (secondary N) is 1. The summed E-state index contributed by atoms with van der Waals surface area (Å²) in [6.07, 6.45) is -0.113. The van der Waals surface area contributed by atoms with Crippen molar-refractivity contribution in [2.45, 2.75) is 17.5 Å². The average molecular weight is 452 g/mol. The fraction of sp³-hybridized carbons (Fsp3) is 0.333. The van der Waals surface area contributed by atoms with Gasteiger partial charge in [-0.25, -0.2) is 4.39 Å². The Bertz CT molecular complexity index is 898. The van der Waals surface area contributed by atoms with E-state index in [9.17, 15) is 14.0 Å². The van der Waals surface area contributed by atoms with Gasteiger partial charge in [-0.2, -0.15) is 0 Å². The quantitative estimate of drug-likeness (QED) is 0.603. The van der Waals surface area contributed by atoms with Crippen LogP contribution in [0.2, 0.25) is 5.02 Å². The number of morpholine rings is 1. The monoisotopic (exact) mass is 451 g/mol. The third-order valence-electron chi connectivity index (χ3n) is 4.65. The Balaban J connectivity index is 1.40. The molecule has 160 valence electrons. The van der Waals surface area contributed by atoms with Crippen molar-refractivity contribution in [2.24, 2.45) is 5.73 Å². The van der Waals surface area contributed by atoms with E-state index < -0.39 is 11.7 Å². The normalized spacial score (nSPS) is 16.9. The van der Waals surface area contributed by atoms with Crippen molar-refractivity contribution in [1.29, 1.82) is 0 Å². The molecule has 3 N–H and O–H groups in total. The van der Waals surface area contributed by atoms with Crippen molar-refractivity contribution >= 4 is 35.2 Å². The molecule has 0 bridgehead atoms. The maximum Gasteiger partial charge on any atom is 0.248 e. The summed E-state index contributed by atoms with van der Waals surface area (Å²) in [6, 6.07) is 11.5. The van der Waals surface area contributed by atoms with Crippen LogP contribution in [-0.2, 0) is 16.1 Å². The fourth-order valence-electron chi connectivity index (χ4n) is 3.09. The molecule has 1 heterocycles. The molecule has 30 heavy (non-hydrogen) atoms. The number of amides is 2.